The number of pyridine rings is 1. The zero-order valence-electron chi connectivity index (χ0n) is 18.7. The van der Waals surface area contributed by atoms with Gasteiger partial charge < -0.3 is 9.47 Å². The summed E-state index contributed by atoms with van der Waals surface area (Å²) in [5, 5.41) is 0. The third kappa shape index (κ3) is 5.19. The molecule has 1 fully saturated rings. The fourth-order valence-electron chi connectivity index (χ4n) is 4.50. The molecule has 0 bridgehead atoms. The summed E-state index contributed by atoms with van der Waals surface area (Å²) in [5.74, 6) is 1.53. The van der Waals surface area contributed by atoms with Crippen molar-refractivity contribution in [2.45, 2.75) is 84.7 Å². The average Bonchev–Trinajstić information content (AvgIpc) is 3.26. The van der Waals surface area contributed by atoms with Crippen molar-refractivity contribution in [3.63, 3.8) is 0 Å². The quantitative estimate of drug-likeness (QED) is 0.447. The summed E-state index contributed by atoms with van der Waals surface area (Å²) in [7, 11) is 0. The lowest BCUT2D eigenvalue weighted by Crippen LogP contribution is -2.17. The van der Waals surface area contributed by atoms with Crippen LogP contribution >= 0.6 is 0 Å². The van der Waals surface area contributed by atoms with E-state index in [2.05, 4.69) is 58.2 Å². The first-order chi connectivity index (χ1) is 14.2. The highest BCUT2D eigenvalue weighted by molar-refractivity contribution is 5.69. The number of benzene rings is 1. The minimum Gasteiger partial charge on any atom is -0.487 e. The van der Waals surface area contributed by atoms with Crippen LogP contribution in [0.25, 0.3) is 11.3 Å². The van der Waals surface area contributed by atoms with Crippen molar-refractivity contribution in [2.75, 3.05) is 13.2 Å². The molecule has 3 heteroatoms. The Labute approximate surface area is 176 Å². The number of ether oxygens (including phenoxy) is 2. The topological polar surface area (TPSA) is 31.4 Å². The molecule has 1 saturated heterocycles. The summed E-state index contributed by atoms with van der Waals surface area (Å²) in [6.45, 7) is 10.5. The lowest BCUT2D eigenvalue weighted by Gasteiger charge is -2.23. The van der Waals surface area contributed by atoms with E-state index in [9.17, 15) is 0 Å². The van der Waals surface area contributed by atoms with Crippen LogP contribution in [0.4, 0.5) is 0 Å². The van der Waals surface area contributed by atoms with E-state index in [1.54, 1.807) is 0 Å². The molecule has 0 radical (unpaired) electrons. The van der Waals surface area contributed by atoms with E-state index < -0.39 is 0 Å². The zero-order chi connectivity index (χ0) is 20.6. The molecule has 2 heterocycles. The van der Waals surface area contributed by atoms with Crippen LogP contribution in [0.2, 0.25) is 0 Å². The maximum absolute atomic E-state index is 6.52. The molecule has 0 N–H and O–H groups in total. The second-order valence-electron chi connectivity index (χ2n) is 8.14. The summed E-state index contributed by atoms with van der Waals surface area (Å²) in [5.41, 5.74) is 6.33. The third-order valence-electron chi connectivity index (χ3n) is 6.05. The van der Waals surface area contributed by atoms with Crippen molar-refractivity contribution < 1.29 is 9.47 Å². The minimum absolute atomic E-state index is 0.153. The highest BCUT2D eigenvalue weighted by Crippen LogP contribution is 2.38. The van der Waals surface area contributed by atoms with Crippen LogP contribution < -0.4 is 4.74 Å². The first-order valence-corrected chi connectivity index (χ1v) is 11.6. The third-order valence-corrected chi connectivity index (χ3v) is 6.05. The fourth-order valence-corrected chi connectivity index (χ4v) is 4.50. The first kappa shape index (κ1) is 21.8. The summed E-state index contributed by atoms with van der Waals surface area (Å²) in [6, 6.07) is 8.83. The van der Waals surface area contributed by atoms with Crippen LogP contribution in [0, 0.1) is 0 Å². The number of aryl methyl sites for hydroxylation is 2. The second-order valence-corrected chi connectivity index (χ2v) is 8.14. The van der Waals surface area contributed by atoms with Crippen molar-refractivity contribution in [1.82, 2.24) is 4.98 Å². The van der Waals surface area contributed by atoms with Crippen LogP contribution in [-0.4, -0.2) is 24.3 Å². The highest BCUT2D eigenvalue weighted by atomic mass is 16.5. The summed E-state index contributed by atoms with van der Waals surface area (Å²) < 4.78 is 12.1. The van der Waals surface area contributed by atoms with E-state index in [0.29, 0.717) is 12.5 Å². The number of hydrogen-bond acceptors (Lipinski definition) is 3. The Bertz CT molecular complexity index is 752. The van der Waals surface area contributed by atoms with Crippen LogP contribution in [0.5, 0.6) is 5.75 Å². The van der Waals surface area contributed by atoms with Crippen LogP contribution in [-0.2, 0) is 17.6 Å². The largest absolute Gasteiger partial charge is 0.487 e. The van der Waals surface area contributed by atoms with Crippen molar-refractivity contribution in [3.05, 3.63) is 47.2 Å². The van der Waals surface area contributed by atoms with Gasteiger partial charge in [0.2, 0.25) is 0 Å². The summed E-state index contributed by atoms with van der Waals surface area (Å²) in [4.78, 5) is 4.98. The van der Waals surface area contributed by atoms with E-state index in [0.717, 1.165) is 37.3 Å². The molecule has 2 aromatic rings. The molecular formula is C26H37NO2. The van der Waals surface area contributed by atoms with Gasteiger partial charge in [0, 0.05) is 29.8 Å². The van der Waals surface area contributed by atoms with Gasteiger partial charge in [-0.2, -0.15) is 0 Å². The zero-order valence-corrected chi connectivity index (χ0v) is 18.7. The van der Waals surface area contributed by atoms with Crippen molar-refractivity contribution in [2.24, 2.45) is 0 Å². The molecule has 0 saturated carbocycles. The van der Waals surface area contributed by atoms with E-state index in [1.807, 2.05) is 0 Å². The van der Waals surface area contributed by atoms with Gasteiger partial charge in [0.25, 0.3) is 0 Å². The van der Waals surface area contributed by atoms with Gasteiger partial charge in [-0.3, -0.25) is 4.98 Å². The highest BCUT2D eigenvalue weighted by Gasteiger charge is 2.23. The maximum Gasteiger partial charge on any atom is 0.127 e. The fraction of sp³-hybridized carbons (Fsp3) is 0.577. The van der Waals surface area contributed by atoms with Gasteiger partial charge in [-0.15, -0.1) is 0 Å². The standard InChI is InChI=1S/C26H37NO2/c1-5-10-21(11-6-2)23-17-27-24(16-25(23)29-22-14-15-28-18-22)26-19(7-3)12-9-13-20(26)8-4/h9,12-13,16-17,21-22H,5-8,10-11,14-15,18H2,1-4H3/t22-/m1/s1. The molecular weight excluding hydrogens is 358 g/mol. The Morgan fingerprint density at radius 1 is 1.07 bits per heavy atom. The van der Waals surface area contributed by atoms with Crippen molar-refractivity contribution in [1.29, 1.82) is 0 Å². The van der Waals surface area contributed by atoms with Crippen molar-refractivity contribution in [3.8, 4) is 17.0 Å². The van der Waals surface area contributed by atoms with Gasteiger partial charge in [0.1, 0.15) is 11.9 Å². The lowest BCUT2D eigenvalue weighted by atomic mass is 9.89. The Morgan fingerprint density at radius 3 is 2.31 bits per heavy atom. The van der Waals surface area contributed by atoms with Gasteiger partial charge in [-0.05, 0) is 42.7 Å². The molecule has 29 heavy (non-hydrogen) atoms. The Hall–Kier alpha value is -1.87. The molecule has 3 nitrogen and oxygen atoms in total. The molecule has 1 aliphatic heterocycles. The Balaban J connectivity index is 2.06. The molecule has 1 aromatic heterocycles. The number of nitrogens with zero attached hydrogens (tertiary/aromatic N) is 1. The predicted octanol–water partition coefficient (Wildman–Crippen LogP) is 6.72. The van der Waals surface area contributed by atoms with Gasteiger partial charge in [-0.25, -0.2) is 0 Å². The molecule has 158 valence electrons. The molecule has 1 atom stereocenters. The predicted molar refractivity (Wildman–Crippen MR) is 121 cm³/mol. The average molecular weight is 396 g/mol. The maximum atomic E-state index is 6.52. The number of aromatic nitrogens is 1. The monoisotopic (exact) mass is 395 g/mol. The van der Waals surface area contributed by atoms with Gasteiger partial charge in [0.05, 0.1) is 18.9 Å². The van der Waals surface area contributed by atoms with E-state index in [1.165, 1.54) is 47.9 Å². The van der Waals surface area contributed by atoms with E-state index in [4.69, 9.17) is 14.5 Å². The smallest absolute Gasteiger partial charge is 0.127 e. The number of rotatable bonds is 10. The van der Waals surface area contributed by atoms with Crippen LogP contribution in [0.15, 0.2) is 30.5 Å². The minimum atomic E-state index is 0.153. The molecule has 0 aliphatic carbocycles. The van der Waals surface area contributed by atoms with Crippen LogP contribution in [0.1, 0.15) is 82.4 Å². The molecule has 3 rings (SSSR count). The van der Waals surface area contributed by atoms with Crippen molar-refractivity contribution >= 4 is 0 Å². The van der Waals surface area contributed by atoms with Gasteiger partial charge in [-0.1, -0.05) is 58.7 Å². The Kier molecular flexibility index (Phi) is 8.11. The van der Waals surface area contributed by atoms with Gasteiger partial charge in [0.15, 0.2) is 0 Å². The summed E-state index contributed by atoms with van der Waals surface area (Å²) >= 11 is 0. The van der Waals surface area contributed by atoms with E-state index >= 15 is 0 Å². The number of hydrogen-bond donors (Lipinski definition) is 0. The lowest BCUT2D eigenvalue weighted by molar-refractivity contribution is 0.140. The Morgan fingerprint density at radius 2 is 1.76 bits per heavy atom. The molecule has 1 aromatic carbocycles. The first-order valence-electron chi connectivity index (χ1n) is 11.6. The summed E-state index contributed by atoms with van der Waals surface area (Å²) in [6.07, 6.45) is 9.95. The second kappa shape index (κ2) is 10.8. The van der Waals surface area contributed by atoms with Crippen LogP contribution in [0.3, 0.4) is 0 Å². The molecule has 1 aliphatic rings. The van der Waals surface area contributed by atoms with Gasteiger partial charge >= 0.3 is 0 Å². The normalized spacial score (nSPS) is 16.5. The van der Waals surface area contributed by atoms with E-state index in [-0.39, 0.29) is 6.10 Å². The molecule has 0 unspecified atom stereocenters. The SMILES string of the molecule is CCCC(CCC)c1cnc(-c2c(CC)cccc2CC)cc1O[C@@H]1CCOC1. The molecule has 0 spiro atoms. The molecule has 0 amide bonds.